The van der Waals surface area contributed by atoms with Crippen molar-refractivity contribution in [1.82, 2.24) is 0 Å². The van der Waals surface area contributed by atoms with E-state index in [2.05, 4.69) is 13.0 Å². The molecule has 0 amide bonds. The van der Waals surface area contributed by atoms with E-state index >= 15 is 0 Å². The molecule has 19 heavy (non-hydrogen) atoms. The van der Waals surface area contributed by atoms with Crippen LogP contribution in [0.3, 0.4) is 0 Å². The standard InChI is InChI=1S/C17H24O2/c1-5-13-7-8-16(14(6-2)10-13)17(19)11-15(18)9-12(3)4/h7-8,10,12H,5-6,9,11H2,1-4H3. The van der Waals surface area contributed by atoms with Gasteiger partial charge in [0.1, 0.15) is 5.78 Å². The molecule has 0 saturated carbocycles. The SMILES string of the molecule is CCc1ccc(C(=O)CC(=O)CC(C)C)c(CC)c1. The van der Waals surface area contributed by atoms with Gasteiger partial charge in [-0.15, -0.1) is 0 Å². The van der Waals surface area contributed by atoms with Crippen molar-refractivity contribution in [3.05, 3.63) is 34.9 Å². The van der Waals surface area contributed by atoms with Gasteiger partial charge in [-0.3, -0.25) is 9.59 Å². The van der Waals surface area contributed by atoms with Gasteiger partial charge in [-0.05, 0) is 29.9 Å². The summed E-state index contributed by atoms with van der Waals surface area (Å²) in [5.74, 6) is 0.320. The van der Waals surface area contributed by atoms with Crippen molar-refractivity contribution in [3.8, 4) is 0 Å². The molecular formula is C17H24O2. The molecule has 1 rings (SSSR count). The number of hydrogen-bond donors (Lipinski definition) is 0. The maximum Gasteiger partial charge on any atom is 0.170 e. The zero-order valence-electron chi connectivity index (χ0n) is 12.5. The number of aryl methyl sites for hydroxylation is 2. The zero-order chi connectivity index (χ0) is 14.4. The number of rotatable bonds is 7. The Bertz CT molecular complexity index is 458. The molecule has 0 aromatic heterocycles. The third-order valence-corrected chi connectivity index (χ3v) is 3.25. The van der Waals surface area contributed by atoms with Gasteiger partial charge >= 0.3 is 0 Å². The minimum atomic E-state index is -0.0369. The average molecular weight is 260 g/mol. The first-order chi connectivity index (χ1) is 8.97. The summed E-state index contributed by atoms with van der Waals surface area (Å²) in [6.45, 7) is 8.13. The Labute approximate surface area is 116 Å². The fourth-order valence-corrected chi connectivity index (χ4v) is 2.23. The van der Waals surface area contributed by atoms with Crippen LogP contribution in [-0.2, 0) is 17.6 Å². The van der Waals surface area contributed by atoms with Crippen LogP contribution in [0.2, 0.25) is 0 Å². The molecule has 2 nitrogen and oxygen atoms in total. The van der Waals surface area contributed by atoms with Gasteiger partial charge in [-0.2, -0.15) is 0 Å². The van der Waals surface area contributed by atoms with Crippen molar-refractivity contribution in [2.75, 3.05) is 0 Å². The van der Waals surface area contributed by atoms with Crippen LogP contribution >= 0.6 is 0 Å². The van der Waals surface area contributed by atoms with Gasteiger partial charge in [0.15, 0.2) is 5.78 Å². The van der Waals surface area contributed by atoms with Gasteiger partial charge < -0.3 is 0 Å². The van der Waals surface area contributed by atoms with Crippen LogP contribution in [0.15, 0.2) is 18.2 Å². The lowest BCUT2D eigenvalue weighted by molar-refractivity contribution is -0.118. The van der Waals surface area contributed by atoms with E-state index in [1.807, 2.05) is 32.9 Å². The smallest absolute Gasteiger partial charge is 0.170 e. The molecule has 0 N–H and O–H groups in total. The Morgan fingerprint density at radius 1 is 1.11 bits per heavy atom. The third-order valence-electron chi connectivity index (χ3n) is 3.25. The molecule has 0 bridgehead atoms. The summed E-state index contributed by atoms with van der Waals surface area (Å²) in [6, 6.07) is 5.95. The van der Waals surface area contributed by atoms with Crippen molar-refractivity contribution in [1.29, 1.82) is 0 Å². The minimum absolute atomic E-state index is 0.0369. The predicted octanol–water partition coefficient (Wildman–Crippen LogP) is 4.00. The number of carbonyl (C=O) groups excluding carboxylic acids is 2. The average Bonchev–Trinajstić information content (AvgIpc) is 2.36. The van der Waals surface area contributed by atoms with Crippen molar-refractivity contribution in [2.24, 2.45) is 5.92 Å². The number of carbonyl (C=O) groups is 2. The Balaban J connectivity index is 2.84. The molecule has 0 aliphatic rings. The van der Waals surface area contributed by atoms with Crippen molar-refractivity contribution in [2.45, 2.75) is 53.4 Å². The lowest BCUT2D eigenvalue weighted by Crippen LogP contribution is -2.12. The number of benzene rings is 1. The van der Waals surface area contributed by atoms with E-state index in [4.69, 9.17) is 0 Å². The van der Waals surface area contributed by atoms with Gasteiger partial charge in [0, 0.05) is 12.0 Å². The molecule has 0 unspecified atom stereocenters. The first-order valence-electron chi connectivity index (χ1n) is 7.14. The van der Waals surface area contributed by atoms with Crippen molar-refractivity contribution in [3.63, 3.8) is 0 Å². The molecule has 0 fully saturated rings. The van der Waals surface area contributed by atoms with E-state index in [1.165, 1.54) is 5.56 Å². The molecule has 0 saturated heterocycles. The van der Waals surface area contributed by atoms with E-state index < -0.39 is 0 Å². The van der Waals surface area contributed by atoms with Crippen LogP contribution in [0.1, 0.15) is 62.0 Å². The molecule has 1 aromatic carbocycles. The molecule has 0 aliphatic carbocycles. The largest absolute Gasteiger partial charge is 0.299 e. The highest BCUT2D eigenvalue weighted by atomic mass is 16.1. The summed E-state index contributed by atoms with van der Waals surface area (Å²) in [6.07, 6.45) is 2.32. The van der Waals surface area contributed by atoms with E-state index in [0.717, 1.165) is 24.0 Å². The van der Waals surface area contributed by atoms with Crippen LogP contribution in [0.4, 0.5) is 0 Å². The molecule has 0 atom stereocenters. The molecule has 104 valence electrons. The second-order valence-electron chi connectivity index (χ2n) is 5.44. The van der Waals surface area contributed by atoms with Gasteiger partial charge in [0.05, 0.1) is 6.42 Å². The Morgan fingerprint density at radius 3 is 2.32 bits per heavy atom. The Morgan fingerprint density at radius 2 is 1.79 bits per heavy atom. The van der Waals surface area contributed by atoms with Crippen LogP contribution in [0.25, 0.3) is 0 Å². The van der Waals surface area contributed by atoms with Gasteiger partial charge in [-0.1, -0.05) is 45.9 Å². The quantitative estimate of drug-likeness (QED) is 0.548. The van der Waals surface area contributed by atoms with Crippen molar-refractivity contribution >= 4 is 11.6 Å². The summed E-state index contributed by atoms with van der Waals surface area (Å²) in [7, 11) is 0. The highest BCUT2D eigenvalue weighted by Crippen LogP contribution is 2.16. The van der Waals surface area contributed by atoms with E-state index in [-0.39, 0.29) is 18.0 Å². The van der Waals surface area contributed by atoms with E-state index in [1.54, 1.807) is 0 Å². The highest BCUT2D eigenvalue weighted by Gasteiger charge is 2.15. The molecular weight excluding hydrogens is 236 g/mol. The first kappa shape index (κ1) is 15.6. The summed E-state index contributed by atoms with van der Waals surface area (Å²) < 4.78 is 0. The molecule has 0 heterocycles. The van der Waals surface area contributed by atoms with E-state index in [0.29, 0.717) is 12.3 Å². The summed E-state index contributed by atoms with van der Waals surface area (Å²) in [4.78, 5) is 23.9. The normalized spacial score (nSPS) is 10.8. The highest BCUT2D eigenvalue weighted by molar-refractivity contribution is 6.08. The third kappa shape index (κ3) is 4.62. The minimum Gasteiger partial charge on any atom is -0.299 e. The molecule has 1 aromatic rings. The number of Topliss-reactive ketones (excluding diaryl/α,β-unsaturated/α-hetero) is 2. The maximum absolute atomic E-state index is 12.2. The molecule has 0 spiro atoms. The summed E-state index contributed by atoms with van der Waals surface area (Å²) in [5, 5.41) is 0. The van der Waals surface area contributed by atoms with Crippen molar-refractivity contribution < 1.29 is 9.59 Å². The van der Waals surface area contributed by atoms with E-state index in [9.17, 15) is 9.59 Å². The first-order valence-corrected chi connectivity index (χ1v) is 7.14. The monoisotopic (exact) mass is 260 g/mol. The zero-order valence-corrected chi connectivity index (χ0v) is 12.5. The predicted molar refractivity (Wildman–Crippen MR) is 78.6 cm³/mol. The van der Waals surface area contributed by atoms with Crippen LogP contribution in [0.5, 0.6) is 0 Å². The second-order valence-corrected chi connectivity index (χ2v) is 5.44. The number of ketones is 2. The lowest BCUT2D eigenvalue weighted by atomic mass is 9.94. The Hall–Kier alpha value is -1.44. The fourth-order valence-electron chi connectivity index (χ4n) is 2.23. The number of hydrogen-bond acceptors (Lipinski definition) is 2. The lowest BCUT2D eigenvalue weighted by Gasteiger charge is -2.09. The molecule has 0 radical (unpaired) electrons. The fraction of sp³-hybridized carbons (Fsp3) is 0.529. The molecule has 0 aliphatic heterocycles. The van der Waals surface area contributed by atoms with Gasteiger partial charge in [0.25, 0.3) is 0 Å². The summed E-state index contributed by atoms with van der Waals surface area (Å²) in [5.41, 5.74) is 3.01. The van der Waals surface area contributed by atoms with Gasteiger partial charge in [-0.25, -0.2) is 0 Å². The second kappa shape index (κ2) is 7.22. The van der Waals surface area contributed by atoms with Crippen LogP contribution in [-0.4, -0.2) is 11.6 Å². The topological polar surface area (TPSA) is 34.1 Å². The maximum atomic E-state index is 12.2. The molecule has 2 heteroatoms. The van der Waals surface area contributed by atoms with Crippen LogP contribution in [0, 0.1) is 5.92 Å². The van der Waals surface area contributed by atoms with Crippen LogP contribution < -0.4 is 0 Å². The Kier molecular flexibility index (Phi) is 5.94. The summed E-state index contributed by atoms with van der Waals surface area (Å²) >= 11 is 0. The van der Waals surface area contributed by atoms with Gasteiger partial charge in [0.2, 0.25) is 0 Å².